The molecule has 3 aromatic rings. The van der Waals surface area contributed by atoms with Gasteiger partial charge in [0, 0.05) is 29.0 Å². The Morgan fingerprint density at radius 1 is 0.923 bits per heavy atom. The maximum Gasteiger partial charge on any atom is 0.251 e. The number of carbonyl (C=O) groups is 3. The lowest BCUT2D eigenvalue weighted by Crippen LogP contribution is -2.62. The average Bonchev–Trinajstić information content (AvgIpc) is 3.66. The first-order valence-electron chi connectivity index (χ1n) is 13.3. The number of ether oxygens (including phenoxy) is 2. The van der Waals surface area contributed by atoms with Gasteiger partial charge in [-0.3, -0.25) is 19.3 Å². The van der Waals surface area contributed by atoms with Crippen molar-refractivity contribution in [3.05, 3.63) is 82.9 Å². The van der Waals surface area contributed by atoms with Gasteiger partial charge in [0.15, 0.2) is 5.78 Å². The van der Waals surface area contributed by atoms with E-state index in [9.17, 15) is 14.4 Å². The van der Waals surface area contributed by atoms with Gasteiger partial charge in [-0.25, -0.2) is 0 Å². The molecule has 4 aliphatic rings. The van der Waals surface area contributed by atoms with Crippen LogP contribution in [0.2, 0.25) is 0 Å². The van der Waals surface area contributed by atoms with Gasteiger partial charge in [0.1, 0.15) is 22.5 Å². The quantitative estimate of drug-likeness (QED) is 0.502. The molecule has 8 nitrogen and oxygen atoms in total. The molecule has 198 valence electrons. The standard InChI is InChI=1S/C31H29N3O5/c1-17-10-13-23-21(15-17)31(29(37)33-23)30(20-7-4-5-8-22(20)32-28(30)36)26(24-9-6-14-34(24)31)27(35)19-12-11-18(38-2)16-25(19)39-3/h4-5,7-8,10-13,15-16,24,26H,6,9,14H2,1-3H3,(H,32,36)(H,33,37)/t24-,26+,30+,31-/m1/s1. The summed E-state index contributed by atoms with van der Waals surface area (Å²) in [6, 6.07) is 18.1. The van der Waals surface area contributed by atoms with Crippen LogP contribution in [0.25, 0.3) is 0 Å². The molecule has 0 unspecified atom stereocenters. The molecule has 2 saturated heterocycles. The molecule has 4 aliphatic heterocycles. The van der Waals surface area contributed by atoms with E-state index in [1.807, 2.05) is 49.4 Å². The molecule has 2 fully saturated rings. The second-order valence-corrected chi connectivity index (χ2v) is 10.8. The smallest absolute Gasteiger partial charge is 0.251 e. The largest absolute Gasteiger partial charge is 0.497 e. The summed E-state index contributed by atoms with van der Waals surface area (Å²) in [5.41, 5.74) is 1.23. The minimum atomic E-state index is -1.49. The number of nitrogens with zero attached hydrogens (tertiary/aromatic N) is 1. The summed E-state index contributed by atoms with van der Waals surface area (Å²) < 4.78 is 11.0. The number of rotatable bonds is 4. The SMILES string of the molecule is COc1ccc(C(=O)[C@@H]2[C@H]3CCCN3[C@]3(C(=O)Nc4ccc(C)cc43)[C@]23C(=O)Nc2ccccc23)c(OC)c1. The monoisotopic (exact) mass is 523 g/mol. The summed E-state index contributed by atoms with van der Waals surface area (Å²) >= 11 is 0. The highest BCUT2D eigenvalue weighted by Crippen LogP contribution is 2.68. The molecule has 3 aromatic carbocycles. The van der Waals surface area contributed by atoms with Crippen LogP contribution in [-0.2, 0) is 20.5 Å². The maximum atomic E-state index is 14.9. The number of methoxy groups -OCH3 is 2. The number of benzene rings is 3. The molecule has 2 amide bonds. The van der Waals surface area contributed by atoms with Crippen LogP contribution in [0.1, 0.15) is 39.9 Å². The van der Waals surface area contributed by atoms with Crippen molar-refractivity contribution in [2.75, 3.05) is 31.4 Å². The lowest BCUT2D eigenvalue weighted by Gasteiger charge is -2.43. The number of para-hydroxylation sites is 1. The predicted molar refractivity (Wildman–Crippen MR) is 145 cm³/mol. The van der Waals surface area contributed by atoms with E-state index in [0.717, 1.165) is 17.5 Å². The van der Waals surface area contributed by atoms with Crippen LogP contribution in [0, 0.1) is 12.8 Å². The molecule has 4 atom stereocenters. The Morgan fingerprint density at radius 3 is 2.49 bits per heavy atom. The number of ketones is 1. The summed E-state index contributed by atoms with van der Waals surface area (Å²) in [4.78, 5) is 46.0. The lowest BCUT2D eigenvalue weighted by molar-refractivity contribution is -0.137. The highest BCUT2D eigenvalue weighted by Gasteiger charge is 2.81. The molecule has 39 heavy (non-hydrogen) atoms. The van der Waals surface area contributed by atoms with Crippen LogP contribution in [0.5, 0.6) is 11.5 Å². The third kappa shape index (κ3) is 2.74. The Morgan fingerprint density at radius 2 is 1.69 bits per heavy atom. The van der Waals surface area contributed by atoms with Crippen molar-refractivity contribution in [3.63, 3.8) is 0 Å². The number of amides is 2. The zero-order chi connectivity index (χ0) is 27.1. The Balaban J connectivity index is 1.57. The number of hydrogen-bond acceptors (Lipinski definition) is 6. The Bertz CT molecular complexity index is 1580. The summed E-state index contributed by atoms with van der Waals surface area (Å²) in [6.45, 7) is 2.58. The van der Waals surface area contributed by atoms with E-state index >= 15 is 0 Å². The first-order valence-corrected chi connectivity index (χ1v) is 13.3. The molecule has 7 rings (SSSR count). The van der Waals surface area contributed by atoms with E-state index in [0.29, 0.717) is 47.0 Å². The predicted octanol–water partition coefficient (Wildman–Crippen LogP) is 4.03. The fourth-order valence-electron chi connectivity index (χ4n) is 7.86. The number of aryl methyl sites for hydroxylation is 1. The van der Waals surface area contributed by atoms with Crippen molar-refractivity contribution >= 4 is 29.0 Å². The molecule has 8 heteroatoms. The highest BCUT2D eigenvalue weighted by molar-refractivity contribution is 6.21. The van der Waals surface area contributed by atoms with Crippen LogP contribution >= 0.6 is 0 Å². The van der Waals surface area contributed by atoms with Crippen LogP contribution in [0.15, 0.2) is 60.7 Å². The molecule has 4 heterocycles. The average molecular weight is 524 g/mol. The Labute approximate surface area is 226 Å². The molecule has 2 spiro atoms. The van der Waals surface area contributed by atoms with Gasteiger partial charge in [0.25, 0.3) is 5.91 Å². The van der Waals surface area contributed by atoms with Gasteiger partial charge in [-0.2, -0.15) is 0 Å². The Kier molecular flexibility index (Phi) is 5.01. The number of anilines is 2. The summed E-state index contributed by atoms with van der Waals surface area (Å²) in [5.74, 6) is -0.703. The fraction of sp³-hybridized carbons (Fsp3) is 0.323. The first-order chi connectivity index (χ1) is 18.9. The topological polar surface area (TPSA) is 97.0 Å². The van der Waals surface area contributed by atoms with Gasteiger partial charge in [-0.1, -0.05) is 35.9 Å². The van der Waals surface area contributed by atoms with Gasteiger partial charge in [-0.15, -0.1) is 0 Å². The van der Waals surface area contributed by atoms with Crippen molar-refractivity contribution in [3.8, 4) is 11.5 Å². The van der Waals surface area contributed by atoms with Gasteiger partial charge >= 0.3 is 0 Å². The van der Waals surface area contributed by atoms with Crippen molar-refractivity contribution in [2.45, 2.75) is 36.8 Å². The molecule has 2 N–H and O–H groups in total. The number of hydrogen-bond donors (Lipinski definition) is 2. The number of nitrogens with one attached hydrogen (secondary N) is 2. The van der Waals surface area contributed by atoms with Gasteiger partial charge < -0.3 is 20.1 Å². The summed E-state index contributed by atoms with van der Waals surface area (Å²) in [7, 11) is 3.07. The summed E-state index contributed by atoms with van der Waals surface area (Å²) in [5, 5.41) is 6.17. The number of carbonyl (C=O) groups excluding carboxylic acids is 3. The third-order valence-electron chi connectivity index (χ3n) is 9.21. The maximum absolute atomic E-state index is 14.9. The zero-order valence-corrected chi connectivity index (χ0v) is 22.0. The molecule has 0 aliphatic carbocycles. The van der Waals surface area contributed by atoms with Crippen molar-refractivity contribution in [1.82, 2.24) is 4.90 Å². The van der Waals surface area contributed by atoms with Gasteiger partial charge in [0.05, 0.1) is 25.7 Å². The second kappa shape index (κ2) is 8.16. The highest BCUT2D eigenvalue weighted by atomic mass is 16.5. The normalized spacial score (nSPS) is 28.3. The number of fused-ring (bicyclic) bond motifs is 7. The van der Waals surface area contributed by atoms with Gasteiger partial charge in [-0.05, 0) is 56.1 Å². The zero-order valence-electron chi connectivity index (χ0n) is 22.0. The fourth-order valence-corrected chi connectivity index (χ4v) is 7.86. The van der Waals surface area contributed by atoms with Crippen LogP contribution in [-0.4, -0.2) is 49.3 Å². The van der Waals surface area contributed by atoms with E-state index < -0.39 is 16.9 Å². The molecular weight excluding hydrogens is 494 g/mol. The first kappa shape index (κ1) is 23.9. The van der Waals surface area contributed by atoms with E-state index in [4.69, 9.17) is 9.47 Å². The molecule has 0 bridgehead atoms. The van der Waals surface area contributed by atoms with Crippen LogP contribution in [0.3, 0.4) is 0 Å². The lowest BCUT2D eigenvalue weighted by atomic mass is 9.57. The number of Topliss-reactive ketones (excluding diaryl/α,β-unsaturated/α-hetero) is 1. The Hall–Kier alpha value is -4.17. The third-order valence-corrected chi connectivity index (χ3v) is 9.21. The summed E-state index contributed by atoms with van der Waals surface area (Å²) in [6.07, 6.45) is 1.52. The minimum absolute atomic E-state index is 0.218. The van der Waals surface area contributed by atoms with Crippen molar-refractivity contribution < 1.29 is 23.9 Å². The van der Waals surface area contributed by atoms with Crippen molar-refractivity contribution in [1.29, 1.82) is 0 Å². The minimum Gasteiger partial charge on any atom is -0.497 e. The van der Waals surface area contributed by atoms with E-state index in [1.165, 1.54) is 7.11 Å². The second-order valence-electron chi connectivity index (χ2n) is 10.8. The van der Waals surface area contributed by atoms with Crippen molar-refractivity contribution in [2.24, 2.45) is 5.92 Å². The molecular formula is C31H29N3O5. The molecule has 0 saturated carbocycles. The van der Waals surface area contributed by atoms with E-state index in [-0.39, 0.29) is 23.6 Å². The van der Waals surface area contributed by atoms with Crippen LogP contribution < -0.4 is 20.1 Å². The molecule has 0 aromatic heterocycles. The molecule has 0 radical (unpaired) electrons. The van der Waals surface area contributed by atoms with Gasteiger partial charge in [0.2, 0.25) is 5.91 Å². The van der Waals surface area contributed by atoms with E-state index in [1.54, 1.807) is 25.3 Å². The van der Waals surface area contributed by atoms with E-state index in [2.05, 4.69) is 15.5 Å². The van der Waals surface area contributed by atoms with Crippen LogP contribution in [0.4, 0.5) is 11.4 Å².